The van der Waals surface area contributed by atoms with Crippen molar-refractivity contribution in [3.8, 4) is 11.3 Å². The molecule has 2 aromatic heterocycles. The average molecular weight is 810 g/mol. The molecule has 14 nitrogen and oxygen atoms in total. The van der Waals surface area contributed by atoms with E-state index in [9.17, 15) is 24.3 Å². The molecule has 0 aromatic carbocycles. The number of nitrogens with zero attached hydrogens (tertiary/aromatic N) is 5. The summed E-state index contributed by atoms with van der Waals surface area (Å²) in [6.07, 6.45) is 5.82. The third-order valence-electron chi connectivity index (χ3n) is 13.3. The van der Waals surface area contributed by atoms with Crippen molar-refractivity contribution >= 4 is 23.4 Å². The number of aryl methyl sites for hydroxylation is 1. The van der Waals surface area contributed by atoms with Crippen molar-refractivity contribution in [2.75, 3.05) is 27.7 Å². The molecule has 5 heterocycles. The van der Waals surface area contributed by atoms with Crippen LogP contribution in [0.2, 0.25) is 0 Å². The first kappa shape index (κ1) is 45.5. The fourth-order valence-corrected chi connectivity index (χ4v) is 9.98. The van der Waals surface area contributed by atoms with Gasteiger partial charge in [0.25, 0.3) is 0 Å². The standard InChI is InChI=1S/C44H67N5O9/c1-12-34-43(7)22-35(50)49(19-14-13-18-48-24-32(46-25-48)31-16-15-17-45-23-31)39(43)28(4)36(51)26(2)21-44(8,55-11)40(29(5)37(52)30(6)41(54)57-34)58-42-38(53)33(47(9)10)20-27(3)56-42/h15-17,23-30,33-34,38-40,42,53H,12-14,18-22H2,1-11H3/t26-,27-,28+,29+,30-,33+,34-,38-,39-,40-,42+,43-,44-/m1/s1. The average Bonchev–Trinajstić information content (AvgIpc) is 3.78. The molecule has 5 rings (SSSR count). The minimum absolute atomic E-state index is 0.0693. The number of hydrogen-bond donors (Lipinski definition) is 1. The molecule has 1 amide bonds. The van der Waals surface area contributed by atoms with Crippen molar-refractivity contribution in [3.05, 3.63) is 37.1 Å². The second kappa shape index (κ2) is 18.8. The summed E-state index contributed by atoms with van der Waals surface area (Å²) in [6.45, 7) is 15.6. The summed E-state index contributed by atoms with van der Waals surface area (Å²) >= 11 is 0. The van der Waals surface area contributed by atoms with Gasteiger partial charge in [0.15, 0.2) is 12.1 Å². The second-order valence-corrected chi connectivity index (χ2v) is 17.8. The van der Waals surface area contributed by atoms with Crippen LogP contribution in [-0.4, -0.2) is 129 Å². The Labute approximate surface area is 344 Å². The zero-order valence-electron chi connectivity index (χ0n) is 36.4. The van der Waals surface area contributed by atoms with E-state index in [1.54, 1.807) is 32.6 Å². The van der Waals surface area contributed by atoms with Crippen LogP contribution < -0.4 is 0 Å². The number of ether oxygens (including phenoxy) is 4. The zero-order chi connectivity index (χ0) is 42.7. The summed E-state index contributed by atoms with van der Waals surface area (Å²) in [5.74, 6) is -4.58. The van der Waals surface area contributed by atoms with Crippen molar-refractivity contribution in [2.24, 2.45) is 29.1 Å². The predicted octanol–water partition coefficient (Wildman–Crippen LogP) is 4.96. The lowest BCUT2D eigenvalue weighted by Gasteiger charge is -2.47. The lowest BCUT2D eigenvalue weighted by molar-refractivity contribution is -0.295. The Morgan fingerprint density at radius 1 is 1.02 bits per heavy atom. The molecule has 3 fully saturated rings. The van der Waals surface area contributed by atoms with Gasteiger partial charge in [0.2, 0.25) is 5.91 Å². The van der Waals surface area contributed by atoms with Gasteiger partial charge in [-0.1, -0.05) is 34.6 Å². The van der Waals surface area contributed by atoms with Crippen molar-refractivity contribution in [1.82, 2.24) is 24.3 Å². The SMILES string of the molecule is CC[C@H]1OC(=O)[C@H](C)C(=O)[C@H](C)[C@@H](O[C@@H]2O[C@H](C)C[C@H](N(C)C)[C@H]2O)[C@](C)(OC)C[C@@H](C)C(=O)[C@H](C)[C@H]2N(CCCCn3cnc(-c4cccnc4)c3)C(=O)C[C@]12C. The number of aliphatic hydroxyl groups is 1. The molecule has 2 aromatic rings. The number of methoxy groups -OCH3 is 1. The van der Waals surface area contributed by atoms with E-state index in [1.165, 1.54) is 14.0 Å². The van der Waals surface area contributed by atoms with Crippen molar-refractivity contribution in [1.29, 1.82) is 0 Å². The number of pyridine rings is 1. The van der Waals surface area contributed by atoms with Crippen LogP contribution in [0.15, 0.2) is 37.1 Å². The smallest absolute Gasteiger partial charge is 0.316 e. The first-order valence-electron chi connectivity index (χ1n) is 21.1. The van der Waals surface area contributed by atoms with E-state index in [-0.39, 0.29) is 36.7 Å². The summed E-state index contributed by atoms with van der Waals surface area (Å²) < 4.78 is 27.3. The highest BCUT2D eigenvalue weighted by atomic mass is 16.7. The minimum atomic E-state index is -1.24. The number of esters is 1. The highest BCUT2D eigenvalue weighted by molar-refractivity contribution is 6.00. The molecule has 58 heavy (non-hydrogen) atoms. The fraction of sp³-hybridized carbons (Fsp3) is 0.727. The molecular weight excluding hydrogens is 743 g/mol. The third-order valence-corrected chi connectivity index (χ3v) is 13.3. The van der Waals surface area contributed by atoms with Gasteiger partial charge in [-0.05, 0) is 79.1 Å². The Hall–Kier alpha value is -3.56. The van der Waals surface area contributed by atoms with Crippen molar-refractivity contribution in [3.63, 3.8) is 0 Å². The Morgan fingerprint density at radius 2 is 1.72 bits per heavy atom. The number of carbonyl (C=O) groups excluding carboxylic acids is 4. The Balaban J connectivity index is 1.43. The summed E-state index contributed by atoms with van der Waals surface area (Å²) in [5, 5.41) is 11.5. The van der Waals surface area contributed by atoms with Crippen molar-refractivity contribution in [2.45, 2.75) is 149 Å². The van der Waals surface area contributed by atoms with Gasteiger partial charge in [-0.2, -0.15) is 0 Å². The van der Waals surface area contributed by atoms with Crippen LogP contribution >= 0.6 is 0 Å². The van der Waals surface area contributed by atoms with E-state index in [0.717, 1.165) is 17.7 Å². The van der Waals surface area contributed by atoms with Gasteiger partial charge in [-0.3, -0.25) is 24.2 Å². The van der Waals surface area contributed by atoms with Crippen LogP contribution in [0.5, 0.6) is 0 Å². The summed E-state index contributed by atoms with van der Waals surface area (Å²) in [6, 6.07) is 3.00. The maximum Gasteiger partial charge on any atom is 0.316 e. The number of aliphatic hydroxyl groups excluding tert-OH is 1. The fourth-order valence-electron chi connectivity index (χ4n) is 9.98. The molecular formula is C44H67N5O9. The van der Waals surface area contributed by atoms with Gasteiger partial charge in [0, 0.05) is 80.0 Å². The number of likely N-dealkylation sites (tertiary alicyclic amines) is 1. The molecule has 3 aliphatic heterocycles. The number of hydrogen-bond acceptors (Lipinski definition) is 12. The van der Waals surface area contributed by atoms with Gasteiger partial charge in [0.05, 0.1) is 35.9 Å². The first-order valence-corrected chi connectivity index (χ1v) is 21.1. The number of likely N-dealkylation sites (N-methyl/N-ethyl adjacent to an activating group) is 1. The van der Waals surface area contributed by atoms with Crippen LogP contribution in [0.4, 0.5) is 0 Å². The molecule has 3 saturated heterocycles. The Bertz CT molecular complexity index is 1740. The normalized spacial score (nSPS) is 36.8. The van der Waals surface area contributed by atoms with E-state index in [1.807, 2.05) is 81.4 Å². The van der Waals surface area contributed by atoms with Crippen LogP contribution in [0, 0.1) is 29.1 Å². The largest absolute Gasteiger partial charge is 0.461 e. The molecule has 0 unspecified atom stereocenters. The van der Waals surface area contributed by atoms with Crippen LogP contribution in [0.3, 0.4) is 0 Å². The highest BCUT2D eigenvalue weighted by Gasteiger charge is 2.58. The second-order valence-electron chi connectivity index (χ2n) is 17.8. The topological polar surface area (TPSA) is 163 Å². The first-order chi connectivity index (χ1) is 27.4. The van der Waals surface area contributed by atoms with Crippen LogP contribution in [0.1, 0.15) is 93.9 Å². The number of rotatable bonds is 11. The number of Topliss-reactive ketones (excluding diaryl/α,β-unsaturated/α-hetero) is 2. The molecule has 1 N–H and O–H groups in total. The number of cyclic esters (lactones) is 1. The lowest BCUT2D eigenvalue weighted by atomic mass is 9.68. The van der Waals surface area contributed by atoms with E-state index in [0.29, 0.717) is 32.4 Å². The van der Waals surface area contributed by atoms with E-state index < -0.39 is 77.1 Å². The van der Waals surface area contributed by atoms with Crippen LogP contribution in [0.25, 0.3) is 11.3 Å². The minimum Gasteiger partial charge on any atom is -0.461 e. The van der Waals surface area contributed by atoms with Crippen LogP contribution in [-0.2, 0) is 44.7 Å². The molecule has 3 aliphatic rings. The van der Waals surface area contributed by atoms with Gasteiger partial charge < -0.3 is 38.4 Å². The summed E-state index contributed by atoms with van der Waals surface area (Å²) in [5.41, 5.74) is -0.370. The molecule has 322 valence electrons. The van der Waals surface area contributed by atoms with Gasteiger partial charge in [-0.15, -0.1) is 0 Å². The number of amides is 1. The molecule has 0 aliphatic carbocycles. The van der Waals surface area contributed by atoms with Gasteiger partial charge >= 0.3 is 5.97 Å². The Kier molecular flexibility index (Phi) is 14.7. The molecule has 0 bridgehead atoms. The number of fused-ring (bicyclic) bond motifs is 1. The molecule has 0 radical (unpaired) electrons. The molecule has 14 heteroatoms. The quantitative estimate of drug-likeness (QED) is 0.185. The van der Waals surface area contributed by atoms with E-state index in [2.05, 4.69) is 9.97 Å². The summed E-state index contributed by atoms with van der Waals surface area (Å²) in [7, 11) is 5.28. The lowest BCUT2D eigenvalue weighted by Crippen LogP contribution is -2.59. The third kappa shape index (κ3) is 9.41. The Morgan fingerprint density at radius 3 is 2.36 bits per heavy atom. The van der Waals surface area contributed by atoms with E-state index >= 15 is 0 Å². The van der Waals surface area contributed by atoms with Gasteiger partial charge in [-0.25, -0.2) is 4.98 Å². The maximum absolute atomic E-state index is 14.8. The predicted molar refractivity (Wildman–Crippen MR) is 217 cm³/mol. The van der Waals surface area contributed by atoms with Gasteiger partial charge in [0.1, 0.15) is 23.9 Å². The van der Waals surface area contributed by atoms with E-state index in [4.69, 9.17) is 18.9 Å². The molecule has 0 spiro atoms. The summed E-state index contributed by atoms with van der Waals surface area (Å²) in [4.78, 5) is 69.7. The molecule has 0 saturated carbocycles. The molecule has 13 atom stereocenters. The highest BCUT2D eigenvalue weighted by Crippen LogP contribution is 2.48. The number of unbranched alkanes of at least 4 members (excludes halogenated alkanes) is 1. The number of ketones is 2. The zero-order valence-corrected chi connectivity index (χ0v) is 36.4. The number of imidazole rings is 1. The number of carbonyl (C=O) groups is 4. The monoisotopic (exact) mass is 809 g/mol. The maximum atomic E-state index is 14.8. The van der Waals surface area contributed by atoms with Crippen molar-refractivity contribution < 1.29 is 43.2 Å². The number of aromatic nitrogens is 3.